The molecule has 0 spiro atoms. The molecule has 0 atom stereocenters. The van der Waals surface area contributed by atoms with Crippen molar-refractivity contribution in [3.05, 3.63) is 57.8 Å². The summed E-state index contributed by atoms with van der Waals surface area (Å²) in [6.07, 6.45) is 0. The third-order valence-corrected chi connectivity index (χ3v) is 3.55. The van der Waals surface area contributed by atoms with Crippen LogP contribution in [-0.2, 0) is 6.61 Å². The van der Waals surface area contributed by atoms with Crippen molar-refractivity contribution < 1.29 is 13.9 Å². The quantitative estimate of drug-likeness (QED) is 0.678. The van der Waals surface area contributed by atoms with Crippen molar-refractivity contribution in [1.29, 1.82) is 0 Å². The molecule has 5 heteroatoms. The van der Waals surface area contributed by atoms with E-state index in [0.717, 1.165) is 4.47 Å². The third-order valence-electron chi connectivity index (χ3n) is 2.77. The molecule has 0 aromatic heterocycles. The van der Waals surface area contributed by atoms with Crippen LogP contribution in [0.4, 0.5) is 10.1 Å². The highest BCUT2D eigenvalue weighted by Crippen LogP contribution is 2.25. The molecule has 0 aliphatic heterocycles. The van der Waals surface area contributed by atoms with E-state index in [2.05, 4.69) is 15.9 Å². The van der Waals surface area contributed by atoms with Crippen LogP contribution in [-0.4, -0.2) is 5.78 Å². The van der Waals surface area contributed by atoms with Crippen molar-refractivity contribution in [2.24, 2.45) is 0 Å². The fourth-order valence-electron chi connectivity index (χ4n) is 1.76. The number of nitrogens with two attached hydrogens (primary N) is 1. The first-order chi connectivity index (χ1) is 9.47. The van der Waals surface area contributed by atoms with Crippen LogP contribution in [0, 0.1) is 5.82 Å². The predicted molar refractivity (Wildman–Crippen MR) is 79.3 cm³/mol. The highest BCUT2D eigenvalue weighted by molar-refractivity contribution is 9.10. The molecular weight excluding hydrogens is 325 g/mol. The number of ether oxygens (including phenoxy) is 1. The van der Waals surface area contributed by atoms with Gasteiger partial charge in [-0.2, -0.15) is 0 Å². The number of benzene rings is 2. The summed E-state index contributed by atoms with van der Waals surface area (Å²) < 4.78 is 19.5. The molecule has 0 amide bonds. The number of halogens is 2. The van der Waals surface area contributed by atoms with E-state index in [0.29, 0.717) is 22.6 Å². The second kappa shape index (κ2) is 6.05. The number of carbonyl (C=O) groups is 1. The number of carbonyl (C=O) groups excluding carboxylic acids is 1. The Morgan fingerprint density at radius 2 is 2.05 bits per heavy atom. The Kier molecular flexibility index (Phi) is 4.39. The molecule has 0 aliphatic rings. The second-order valence-electron chi connectivity index (χ2n) is 4.34. The van der Waals surface area contributed by atoms with Gasteiger partial charge in [-0.25, -0.2) is 4.39 Å². The molecule has 2 N–H and O–H groups in total. The maximum absolute atomic E-state index is 13.2. The van der Waals surface area contributed by atoms with Crippen LogP contribution in [0.1, 0.15) is 22.8 Å². The Bertz CT molecular complexity index is 658. The Labute approximate surface area is 124 Å². The SMILES string of the molecule is CC(=O)c1cc(N)ccc1OCc1cc(F)ccc1Br. The van der Waals surface area contributed by atoms with Crippen LogP contribution in [0.25, 0.3) is 0 Å². The maximum Gasteiger partial charge on any atom is 0.163 e. The average molecular weight is 338 g/mol. The summed E-state index contributed by atoms with van der Waals surface area (Å²) in [6, 6.07) is 9.22. The summed E-state index contributed by atoms with van der Waals surface area (Å²) in [5.41, 5.74) is 7.22. The Morgan fingerprint density at radius 3 is 2.75 bits per heavy atom. The molecule has 0 unspecified atom stereocenters. The lowest BCUT2D eigenvalue weighted by atomic mass is 10.1. The first-order valence-electron chi connectivity index (χ1n) is 5.94. The lowest BCUT2D eigenvalue weighted by molar-refractivity contribution is 0.101. The van der Waals surface area contributed by atoms with Gasteiger partial charge in [-0.3, -0.25) is 4.79 Å². The van der Waals surface area contributed by atoms with E-state index >= 15 is 0 Å². The van der Waals surface area contributed by atoms with Gasteiger partial charge in [0, 0.05) is 15.7 Å². The summed E-state index contributed by atoms with van der Waals surface area (Å²) in [5, 5.41) is 0. The van der Waals surface area contributed by atoms with Crippen LogP contribution in [0.3, 0.4) is 0 Å². The zero-order chi connectivity index (χ0) is 14.7. The predicted octanol–water partition coefficient (Wildman–Crippen LogP) is 3.95. The van der Waals surface area contributed by atoms with Crippen LogP contribution >= 0.6 is 15.9 Å². The van der Waals surface area contributed by atoms with Gasteiger partial charge >= 0.3 is 0 Å². The second-order valence-corrected chi connectivity index (χ2v) is 5.19. The van der Waals surface area contributed by atoms with Crippen molar-refractivity contribution >= 4 is 27.4 Å². The van der Waals surface area contributed by atoms with Gasteiger partial charge in [-0.1, -0.05) is 15.9 Å². The van der Waals surface area contributed by atoms with Crippen LogP contribution in [0.2, 0.25) is 0 Å². The molecule has 2 aromatic carbocycles. The molecule has 0 saturated carbocycles. The Morgan fingerprint density at radius 1 is 1.30 bits per heavy atom. The van der Waals surface area contributed by atoms with E-state index in [-0.39, 0.29) is 18.2 Å². The highest BCUT2D eigenvalue weighted by atomic mass is 79.9. The van der Waals surface area contributed by atoms with Crippen LogP contribution < -0.4 is 10.5 Å². The van der Waals surface area contributed by atoms with Gasteiger partial charge in [0.1, 0.15) is 18.2 Å². The van der Waals surface area contributed by atoms with Gasteiger partial charge in [-0.05, 0) is 43.3 Å². The molecule has 0 fully saturated rings. The largest absolute Gasteiger partial charge is 0.488 e. The van der Waals surface area contributed by atoms with Gasteiger partial charge in [0.25, 0.3) is 0 Å². The number of nitrogen functional groups attached to an aromatic ring is 1. The lowest BCUT2D eigenvalue weighted by Crippen LogP contribution is -2.03. The van der Waals surface area contributed by atoms with Gasteiger partial charge in [0.2, 0.25) is 0 Å². The van der Waals surface area contributed by atoms with Crippen LogP contribution in [0.15, 0.2) is 40.9 Å². The van der Waals surface area contributed by atoms with Gasteiger partial charge in [-0.15, -0.1) is 0 Å². The van der Waals surface area contributed by atoms with Crippen molar-refractivity contribution in [1.82, 2.24) is 0 Å². The number of hydrogen-bond donors (Lipinski definition) is 1. The average Bonchev–Trinajstić information content (AvgIpc) is 2.40. The minimum absolute atomic E-state index is 0.134. The molecule has 104 valence electrons. The fraction of sp³-hybridized carbons (Fsp3) is 0.133. The molecule has 0 heterocycles. The van der Waals surface area contributed by atoms with Gasteiger partial charge in [0.15, 0.2) is 5.78 Å². The summed E-state index contributed by atoms with van der Waals surface area (Å²) >= 11 is 3.33. The normalized spacial score (nSPS) is 10.3. The molecule has 0 saturated heterocycles. The van der Waals surface area contributed by atoms with E-state index < -0.39 is 0 Å². The number of rotatable bonds is 4. The zero-order valence-electron chi connectivity index (χ0n) is 10.8. The molecule has 0 bridgehead atoms. The van der Waals surface area contributed by atoms with E-state index in [9.17, 15) is 9.18 Å². The Hall–Kier alpha value is -1.88. The minimum Gasteiger partial charge on any atom is -0.488 e. The third kappa shape index (κ3) is 3.36. The molecule has 0 radical (unpaired) electrons. The van der Waals surface area contributed by atoms with Crippen molar-refractivity contribution in [2.75, 3.05) is 5.73 Å². The van der Waals surface area contributed by atoms with Crippen LogP contribution in [0.5, 0.6) is 5.75 Å². The van der Waals surface area contributed by atoms with Crippen molar-refractivity contribution in [3.8, 4) is 5.75 Å². The zero-order valence-corrected chi connectivity index (χ0v) is 12.4. The number of Topliss-reactive ketones (excluding diaryl/α,β-unsaturated/α-hetero) is 1. The summed E-state index contributed by atoms with van der Waals surface area (Å²) in [4.78, 5) is 11.5. The number of hydrogen-bond acceptors (Lipinski definition) is 3. The number of anilines is 1. The minimum atomic E-state index is -0.337. The first-order valence-corrected chi connectivity index (χ1v) is 6.74. The molecule has 2 aromatic rings. The standard InChI is InChI=1S/C15H13BrFNO2/c1-9(19)13-7-12(18)3-5-15(13)20-8-10-6-11(17)2-4-14(10)16/h2-7H,8,18H2,1H3. The molecule has 2 rings (SSSR count). The maximum atomic E-state index is 13.2. The lowest BCUT2D eigenvalue weighted by Gasteiger charge is -2.11. The summed E-state index contributed by atoms with van der Waals surface area (Å²) in [5.74, 6) is -0.0376. The van der Waals surface area contributed by atoms with Gasteiger partial charge < -0.3 is 10.5 Å². The summed E-state index contributed by atoms with van der Waals surface area (Å²) in [6.45, 7) is 1.60. The molecule has 3 nitrogen and oxygen atoms in total. The van der Waals surface area contributed by atoms with Gasteiger partial charge in [0.05, 0.1) is 5.56 Å². The number of ketones is 1. The van der Waals surface area contributed by atoms with Crippen molar-refractivity contribution in [3.63, 3.8) is 0 Å². The van der Waals surface area contributed by atoms with E-state index in [1.165, 1.54) is 19.1 Å². The molecular formula is C15H13BrFNO2. The summed E-state index contributed by atoms with van der Waals surface area (Å²) in [7, 11) is 0. The highest BCUT2D eigenvalue weighted by Gasteiger charge is 2.10. The topological polar surface area (TPSA) is 52.3 Å². The first kappa shape index (κ1) is 14.5. The Balaban J connectivity index is 2.23. The van der Waals surface area contributed by atoms with E-state index in [1.54, 1.807) is 24.3 Å². The van der Waals surface area contributed by atoms with E-state index in [1.807, 2.05) is 0 Å². The molecule has 20 heavy (non-hydrogen) atoms. The fourth-order valence-corrected chi connectivity index (χ4v) is 2.12. The van der Waals surface area contributed by atoms with E-state index in [4.69, 9.17) is 10.5 Å². The molecule has 0 aliphatic carbocycles. The van der Waals surface area contributed by atoms with Crippen molar-refractivity contribution in [2.45, 2.75) is 13.5 Å². The monoisotopic (exact) mass is 337 g/mol. The smallest absolute Gasteiger partial charge is 0.163 e.